The fourth-order valence-corrected chi connectivity index (χ4v) is 4.45. The number of hydrogen-bond acceptors (Lipinski definition) is 3. The highest BCUT2D eigenvalue weighted by Gasteiger charge is 2.26. The molecule has 4 rings (SSSR count). The molecule has 1 saturated heterocycles. The molecule has 2 aliphatic heterocycles. The van der Waals surface area contributed by atoms with Crippen molar-refractivity contribution in [2.24, 2.45) is 0 Å². The van der Waals surface area contributed by atoms with E-state index in [4.69, 9.17) is 0 Å². The number of thioether (sulfide) groups is 1. The predicted octanol–water partition coefficient (Wildman–Crippen LogP) is 2.65. The molecule has 0 bridgehead atoms. The van der Waals surface area contributed by atoms with Crippen molar-refractivity contribution in [2.45, 2.75) is 17.7 Å². The van der Waals surface area contributed by atoms with Crippen molar-refractivity contribution in [1.29, 1.82) is 0 Å². The lowest BCUT2D eigenvalue weighted by molar-refractivity contribution is 0.0535. The molecule has 0 radical (unpaired) electrons. The number of fused-ring (bicyclic) bond motifs is 1. The van der Waals surface area contributed by atoms with Crippen molar-refractivity contribution in [2.75, 3.05) is 31.9 Å². The zero-order valence-corrected chi connectivity index (χ0v) is 14.8. The summed E-state index contributed by atoms with van der Waals surface area (Å²) in [7, 11) is 0. The molecule has 0 saturated carbocycles. The zero-order chi connectivity index (χ0) is 17.2. The van der Waals surface area contributed by atoms with Crippen LogP contribution in [0, 0.1) is 0 Å². The Morgan fingerprint density at radius 3 is 2.36 bits per heavy atom. The van der Waals surface area contributed by atoms with Crippen LogP contribution in [0.2, 0.25) is 0 Å². The first kappa shape index (κ1) is 16.3. The third-order valence-corrected chi connectivity index (χ3v) is 6.06. The largest absolute Gasteiger partial charge is 0.367 e. The number of aromatic nitrogens is 1. The molecule has 5 nitrogen and oxygen atoms in total. The van der Waals surface area contributed by atoms with E-state index in [1.54, 1.807) is 18.5 Å². The number of nitrogens with zero attached hydrogens (tertiary/aromatic N) is 2. The van der Waals surface area contributed by atoms with Gasteiger partial charge in [-0.05, 0) is 48.4 Å². The second-order valence-electron chi connectivity index (χ2n) is 6.46. The molecule has 130 valence electrons. The van der Waals surface area contributed by atoms with Gasteiger partial charge in [0.25, 0.3) is 11.8 Å². The van der Waals surface area contributed by atoms with Gasteiger partial charge in [-0.2, -0.15) is 0 Å². The van der Waals surface area contributed by atoms with Crippen molar-refractivity contribution in [1.82, 2.24) is 14.8 Å². The maximum Gasteiger partial charge on any atom is 0.255 e. The maximum atomic E-state index is 12.8. The van der Waals surface area contributed by atoms with Gasteiger partial charge in [0.2, 0.25) is 0 Å². The lowest BCUT2D eigenvalue weighted by Crippen LogP contribution is -2.50. The van der Waals surface area contributed by atoms with Gasteiger partial charge in [0.1, 0.15) is 0 Å². The van der Waals surface area contributed by atoms with Crippen LogP contribution in [-0.4, -0.2) is 58.5 Å². The number of carbonyl (C=O) groups is 2. The molecule has 1 fully saturated rings. The average Bonchev–Trinajstić information content (AvgIpc) is 3.21. The maximum absolute atomic E-state index is 12.8. The Labute approximate surface area is 151 Å². The van der Waals surface area contributed by atoms with Crippen LogP contribution in [0.15, 0.2) is 41.6 Å². The number of rotatable bonds is 2. The Kier molecular flexibility index (Phi) is 4.53. The Balaban J connectivity index is 1.40. The summed E-state index contributed by atoms with van der Waals surface area (Å²) in [6.07, 6.45) is 5.70. The number of nitrogens with one attached hydrogen (secondary N) is 1. The van der Waals surface area contributed by atoms with Crippen molar-refractivity contribution in [3.63, 3.8) is 0 Å². The molecule has 6 heteroatoms. The standard InChI is InChI=1S/C19H21N3O2S/c23-18(15-3-4-17-14(12-15)2-1-11-25-17)21-7-9-22(10-8-21)19(24)16-5-6-20-13-16/h3-6,12-13,20H,1-2,7-11H2. The van der Waals surface area contributed by atoms with Crippen molar-refractivity contribution in [3.8, 4) is 0 Å². The minimum Gasteiger partial charge on any atom is -0.367 e. The molecular weight excluding hydrogens is 334 g/mol. The van der Waals surface area contributed by atoms with E-state index in [1.807, 2.05) is 27.6 Å². The number of benzene rings is 1. The first-order chi connectivity index (χ1) is 12.2. The van der Waals surface area contributed by atoms with Crippen LogP contribution in [0.4, 0.5) is 0 Å². The van der Waals surface area contributed by atoms with Gasteiger partial charge in [-0.3, -0.25) is 9.59 Å². The Morgan fingerprint density at radius 2 is 1.68 bits per heavy atom. The van der Waals surface area contributed by atoms with Gasteiger partial charge in [0, 0.05) is 49.0 Å². The number of hydrogen-bond donors (Lipinski definition) is 1. The number of amides is 2. The smallest absolute Gasteiger partial charge is 0.255 e. The molecule has 0 atom stereocenters. The highest BCUT2D eigenvalue weighted by Crippen LogP contribution is 2.30. The zero-order valence-electron chi connectivity index (χ0n) is 14.0. The number of aryl methyl sites for hydroxylation is 1. The van der Waals surface area contributed by atoms with Crippen molar-refractivity contribution in [3.05, 3.63) is 53.3 Å². The summed E-state index contributed by atoms with van der Waals surface area (Å²) < 4.78 is 0. The molecule has 0 aliphatic carbocycles. The monoisotopic (exact) mass is 355 g/mol. The van der Waals surface area contributed by atoms with Gasteiger partial charge < -0.3 is 14.8 Å². The first-order valence-corrected chi connectivity index (χ1v) is 9.68. The van der Waals surface area contributed by atoms with E-state index in [-0.39, 0.29) is 11.8 Å². The number of piperazine rings is 1. The average molecular weight is 355 g/mol. The number of H-pyrrole nitrogens is 1. The summed E-state index contributed by atoms with van der Waals surface area (Å²) in [6, 6.07) is 7.86. The Bertz CT molecular complexity index is 780. The molecule has 2 aliphatic rings. The summed E-state index contributed by atoms with van der Waals surface area (Å²) in [6.45, 7) is 2.33. The lowest BCUT2D eigenvalue weighted by Gasteiger charge is -2.34. The van der Waals surface area contributed by atoms with E-state index in [0.717, 1.165) is 17.7 Å². The van der Waals surface area contributed by atoms with E-state index in [9.17, 15) is 9.59 Å². The van der Waals surface area contributed by atoms with E-state index >= 15 is 0 Å². The summed E-state index contributed by atoms with van der Waals surface area (Å²) in [5.74, 6) is 1.27. The van der Waals surface area contributed by atoms with E-state index < -0.39 is 0 Å². The first-order valence-electron chi connectivity index (χ1n) is 8.69. The Morgan fingerprint density at radius 1 is 0.960 bits per heavy atom. The topological polar surface area (TPSA) is 56.4 Å². The molecule has 0 spiro atoms. The van der Waals surface area contributed by atoms with Gasteiger partial charge in [-0.1, -0.05) is 0 Å². The minimum absolute atomic E-state index is 0.0270. The number of aromatic amines is 1. The second-order valence-corrected chi connectivity index (χ2v) is 7.60. The van der Waals surface area contributed by atoms with E-state index in [2.05, 4.69) is 17.1 Å². The summed E-state index contributed by atoms with van der Waals surface area (Å²) in [5.41, 5.74) is 2.74. The molecule has 25 heavy (non-hydrogen) atoms. The number of carbonyl (C=O) groups excluding carboxylic acids is 2. The van der Waals surface area contributed by atoms with Crippen molar-refractivity contribution < 1.29 is 9.59 Å². The Hall–Kier alpha value is -2.21. The van der Waals surface area contributed by atoms with Gasteiger partial charge in [0.05, 0.1) is 5.56 Å². The highest BCUT2D eigenvalue weighted by molar-refractivity contribution is 7.99. The van der Waals surface area contributed by atoms with Gasteiger partial charge >= 0.3 is 0 Å². The fraction of sp³-hybridized carbons (Fsp3) is 0.368. The molecule has 1 aromatic heterocycles. The molecular formula is C19H21N3O2S. The normalized spacial score (nSPS) is 17.3. The lowest BCUT2D eigenvalue weighted by atomic mass is 10.0. The van der Waals surface area contributed by atoms with Crippen LogP contribution < -0.4 is 0 Å². The van der Waals surface area contributed by atoms with E-state index in [0.29, 0.717) is 31.7 Å². The summed E-state index contributed by atoms with van der Waals surface area (Å²) >= 11 is 1.88. The van der Waals surface area contributed by atoms with Crippen LogP contribution in [-0.2, 0) is 6.42 Å². The van der Waals surface area contributed by atoms with Crippen LogP contribution in [0.5, 0.6) is 0 Å². The highest BCUT2D eigenvalue weighted by atomic mass is 32.2. The third-order valence-electron chi connectivity index (χ3n) is 4.85. The molecule has 2 aromatic rings. The van der Waals surface area contributed by atoms with Gasteiger partial charge in [0.15, 0.2) is 0 Å². The summed E-state index contributed by atoms with van der Waals surface area (Å²) in [5, 5.41) is 0. The predicted molar refractivity (Wildman–Crippen MR) is 98.1 cm³/mol. The fourth-order valence-electron chi connectivity index (χ4n) is 3.43. The second kappa shape index (κ2) is 6.96. The third kappa shape index (κ3) is 3.31. The molecule has 2 amide bonds. The quantitative estimate of drug-likeness (QED) is 0.901. The van der Waals surface area contributed by atoms with Crippen molar-refractivity contribution >= 4 is 23.6 Å². The van der Waals surface area contributed by atoms with Crippen LogP contribution in [0.1, 0.15) is 32.7 Å². The van der Waals surface area contributed by atoms with Crippen LogP contribution in [0.3, 0.4) is 0 Å². The van der Waals surface area contributed by atoms with Gasteiger partial charge in [-0.15, -0.1) is 11.8 Å². The van der Waals surface area contributed by atoms with Crippen LogP contribution >= 0.6 is 11.8 Å². The SMILES string of the molecule is O=C(c1cc[nH]c1)N1CCN(C(=O)c2ccc3c(c2)CCCS3)CC1. The van der Waals surface area contributed by atoms with E-state index in [1.165, 1.54) is 16.9 Å². The molecule has 0 unspecified atom stereocenters. The molecule has 1 aromatic carbocycles. The minimum atomic E-state index is 0.0270. The van der Waals surface area contributed by atoms with Gasteiger partial charge in [-0.25, -0.2) is 0 Å². The van der Waals surface area contributed by atoms with Crippen LogP contribution in [0.25, 0.3) is 0 Å². The molecule has 3 heterocycles. The molecule has 1 N–H and O–H groups in total. The summed E-state index contributed by atoms with van der Waals surface area (Å²) in [4.78, 5) is 33.1.